The molecule has 0 spiro atoms. The van der Waals surface area contributed by atoms with Gasteiger partial charge < -0.3 is 14.6 Å². The van der Waals surface area contributed by atoms with Gasteiger partial charge in [0.05, 0.1) is 13.2 Å². The van der Waals surface area contributed by atoms with Crippen molar-refractivity contribution in [3.8, 4) is 0 Å². The molecular formula is C47H84O4. The maximum atomic E-state index is 12.2. The first-order valence-corrected chi connectivity index (χ1v) is 21.9. The maximum absolute atomic E-state index is 12.2. The third kappa shape index (κ3) is 42.4. The smallest absolute Gasteiger partial charge is 0.306 e. The minimum atomic E-state index is -0.542. The molecule has 0 aliphatic carbocycles. The van der Waals surface area contributed by atoms with E-state index in [1.54, 1.807) is 0 Å². The van der Waals surface area contributed by atoms with Crippen LogP contribution >= 0.6 is 0 Å². The van der Waals surface area contributed by atoms with Crippen molar-refractivity contribution in [3.05, 3.63) is 60.8 Å². The highest BCUT2D eigenvalue weighted by molar-refractivity contribution is 5.69. The van der Waals surface area contributed by atoms with Gasteiger partial charge in [0.2, 0.25) is 0 Å². The molecule has 0 aliphatic rings. The molecule has 1 unspecified atom stereocenters. The van der Waals surface area contributed by atoms with Crippen molar-refractivity contribution in [2.24, 2.45) is 0 Å². The Hall–Kier alpha value is -1.91. The number of allylic oxidation sites excluding steroid dienone is 10. The number of aliphatic hydroxyl groups is 1. The number of carbonyl (C=O) groups excluding carboxylic acids is 1. The number of hydrogen-bond donors (Lipinski definition) is 1. The lowest BCUT2D eigenvalue weighted by molar-refractivity contribution is -0.154. The van der Waals surface area contributed by atoms with Gasteiger partial charge in [-0.2, -0.15) is 0 Å². The lowest BCUT2D eigenvalue weighted by Crippen LogP contribution is -2.27. The fourth-order valence-electron chi connectivity index (χ4n) is 6.08. The van der Waals surface area contributed by atoms with Gasteiger partial charge in [0.1, 0.15) is 6.10 Å². The van der Waals surface area contributed by atoms with Crippen LogP contribution in [0.4, 0.5) is 0 Å². The van der Waals surface area contributed by atoms with Crippen LogP contribution in [0.15, 0.2) is 60.8 Å². The van der Waals surface area contributed by atoms with E-state index < -0.39 is 6.10 Å². The molecule has 296 valence electrons. The van der Waals surface area contributed by atoms with E-state index in [-0.39, 0.29) is 19.2 Å². The van der Waals surface area contributed by atoms with Gasteiger partial charge in [-0.05, 0) is 77.0 Å². The van der Waals surface area contributed by atoms with Crippen molar-refractivity contribution in [1.29, 1.82) is 0 Å². The lowest BCUT2D eigenvalue weighted by atomic mass is 10.1. The first-order chi connectivity index (χ1) is 25.2. The Morgan fingerprint density at radius 2 is 0.882 bits per heavy atom. The second-order valence-corrected chi connectivity index (χ2v) is 14.4. The number of aliphatic hydroxyl groups excluding tert-OH is 1. The van der Waals surface area contributed by atoms with Gasteiger partial charge in [-0.15, -0.1) is 0 Å². The lowest BCUT2D eigenvalue weighted by Gasteiger charge is -2.16. The van der Waals surface area contributed by atoms with Gasteiger partial charge in [-0.1, -0.05) is 184 Å². The molecule has 0 rings (SSSR count). The number of ether oxygens (including phenoxy) is 2. The average Bonchev–Trinajstić information content (AvgIpc) is 3.14. The van der Waals surface area contributed by atoms with E-state index in [2.05, 4.69) is 74.6 Å². The molecule has 0 saturated carbocycles. The van der Waals surface area contributed by atoms with Gasteiger partial charge in [0, 0.05) is 13.0 Å². The van der Waals surface area contributed by atoms with Crippen LogP contribution in [0.5, 0.6) is 0 Å². The molecule has 51 heavy (non-hydrogen) atoms. The van der Waals surface area contributed by atoms with Gasteiger partial charge in [-0.3, -0.25) is 4.79 Å². The summed E-state index contributed by atoms with van der Waals surface area (Å²) in [6.45, 7) is 5.22. The Morgan fingerprint density at radius 1 is 0.490 bits per heavy atom. The number of esters is 1. The highest BCUT2D eigenvalue weighted by atomic mass is 16.6. The van der Waals surface area contributed by atoms with Crippen LogP contribution in [-0.4, -0.2) is 37.0 Å². The van der Waals surface area contributed by atoms with Gasteiger partial charge >= 0.3 is 5.97 Å². The number of hydrogen-bond acceptors (Lipinski definition) is 4. The molecule has 0 bridgehead atoms. The van der Waals surface area contributed by atoms with E-state index in [1.807, 2.05) is 0 Å². The minimum Gasteiger partial charge on any atom is -0.457 e. The molecule has 1 atom stereocenters. The van der Waals surface area contributed by atoms with E-state index >= 15 is 0 Å². The van der Waals surface area contributed by atoms with Crippen LogP contribution in [0.3, 0.4) is 0 Å². The minimum absolute atomic E-state index is 0.178. The number of unbranched alkanes of at least 4 members (excludes halogenated alkanes) is 22. The summed E-state index contributed by atoms with van der Waals surface area (Å²) in [5.74, 6) is -0.210. The first kappa shape index (κ1) is 49.1. The quantitative estimate of drug-likeness (QED) is 0.0390. The summed E-state index contributed by atoms with van der Waals surface area (Å²) in [4.78, 5) is 12.2. The second kappa shape index (κ2) is 44.3. The van der Waals surface area contributed by atoms with Gasteiger partial charge in [0.25, 0.3) is 0 Å². The van der Waals surface area contributed by atoms with Gasteiger partial charge in [-0.25, -0.2) is 0 Å². The molecule has 0 heterocycles. The Labute approximate surface area is 317 Å². The Bertz CT molecular complexity index is 839. The standard InChI is InChI=1S/C47H84O4/c1-3-5-7-9-11-13-15-17-19-21-23-24-25-26-28-30-32-34-36-38-40-42-47(49)51-46(44-48)45-50-43-41-39-37-35-33-31-29-27-22-20-18-16-14-12-10-8-6-4-2/h5,7,11,13,17-20,23-24,46,48H,3-4,6,8-10,12,14-16,21-22,25-45H2,1-2H3/b7-5-,13-11-,19-17-,20-18-,24-23-. The molecule has 0 saturated heterocycles. The summed E-state index contributed by atoms with van der Waals surface area (Å²) in [7, 11) is 0. The number of carbonyl (C=O) groups is 1. The van der Waals surface area contributed by atoms with Crippen molar-refractivity contribution in [2.75, 3.05) is 19.8 Å². The Morgan fingerprint density at radius 3 is 1.35 bits per heavy atom. The zero-order chi connectivity index (χ0) is 37.0. The molecule has 0 fully saturated rings. The fourth-order valence-corrected chi connectivity index (χ4v) is 6.08. The predicted octanol–water partition coefficient (Wildman–Crippen LogP) is 14.4. The summed E-state index contributed by atoms with van der Waals surface area (Å²) in [5, 5.41) is 9.61. The zero-order valence-electron chi connectivity index (χ0n) is 33.9. The average molecular weight is 713 g/mol. The highest BCUT2D eigenvalue weighted by Crippen LogP contribution is 2.13. The second-order valence-electron chi connectivity index (χ2n) is 14.4. The van der Waals surface area contributed by atoms with E-state index in [0.29, 0.717) is 13.0 Å². The van der Waals surface area contributed by atoms with Crippen LogP contribution in [0.2, 0.25) is 0 Å². The monoisotopic (exact) mass is 713 g/mol. The van der Waals surface area contributed by atoms with Crippen molar-refractivity contribution < 1.29 is 19.4 Å². The molecule has 1 N–H and O–H groups in total. The van der Waals surface area contributed by atoms with Crippen molar-refractivity contribution in [3.63, 3.8) is 0 Å². The molecule has 0 aromatic rings. The predicted molar refractivity (Wildman–Crippen MR) is 223 cm³/mol. The summed E-state index contributed by atoms with van der Waals surface area (Å²) >= 11 is 0. The first-order valence-electron chi connectivity index (χ1n) is 21.9. The zero-order valence-corrected chi connectivity index (χ0v) is 33.9. The van der Waals surface area contributed by atoms with E-state index in [0.717, 1.165) is 44.9 Å². The Kier molecular flexibility index (Phi) is 42.6. The molecule has 0 aliphatic heterocycles. The van der Waals surface area contributed by atoms with Crippen LogP contribution < -0.4 is 0 Å². The van der Waals surface area contributed by atoms with Crippen LogP contribution in [0.25, 0.3) is 0 Å². The highest BCUT2D eigenvalue weighted by Gasteiger charge is 2.13. The SMILES string of the molecule is CC/C=C\C/C=C\C/C=C\C/C=C\CCCCCCCCCCC(=O)OC(CO)COCCCCCCCCCC/C=C\CCCCCCCC. The molecule has 0 aromatic carbocycles. The molecule has 4 nitrogen and oxygen atoms in total. The van der Waals surface area contributed by atoms with Crippen LogP contribution in [-0.2, 0) is 14.3 Å². The Balaban J connectivity index is 3.46. The fraction of sp³-hybridized carbons (Fsp3) is 0.766. The molecule has 0 aromatic heterocycles. The van der Waals surface area contributed by atoms with Crippen molar-refractivity contribution in [2.45, 2.75) is 213 Å². The van der Waals surface area contributed by atoms with Gasteiger partial charge in [0.15, 0.2) is 0 Å². The third-order valence-electron chi connectivity index (χ3n) is 9.33. The molecule has 4 heteroatoms. The largest absolute Gasteiger partial charge is 0.457 e. The van der Waals surface area contributed by atoms with E-state index in [9.17, 15) is 9.90 Å². The summed E-state index contributed by atoms with van der Waals surface area (Å²) in [6, 6.07) is 0. The van der Waals surface area contributed by atoms with Crippen LogP contribution in [0.1, 0.15) is 206 Å². The molecule has 0 radical (unpaired) electrons. The normalized spacial score (nSPS) is 12.9. The van der Waals surface area contributed by atoms with E-state index in [1.165, 1.54) is 141 Å². The summed E-state index contributed by atoms with van der Waals surface area (Å²) in [6.07, 6.45) is 58.5. The summed E-state index contributed by atoms with van der Waals surface area (Å²) < 4.78 is 11.2. The van der Waals surface area contributed by atoms with E-state index in [4.69, 9.17) is 9.47 Å². The van der Waals surface area contributed by atoms with Crippen molar-refractivity contribution >= 4 is 5.97 Å². The van der Waals surface area contributed by atoms with Crippen molar-refractivity contribution in [1.82, 2.24) is 0 Å². The summed E-state index contributed by atoms with van der Waals surface area (Å²) in [5.41, 5.74) is 0. The maximum Gasteiger partial charge on any atom is 0.306 e. The topological polar surface area (TPSA) is 55.8 Å². The number of rotatable bonds is 40. The third-order valence-corrected chi connectivity index (χ3v) is 9.33. The molecule has 0 amide bonds. The molecular weight excluding hydrogens is 629 g/mol. The van der Waals surface area contributed by atoms with Crippen LogP contribution in [0, 0.1) is 0 Å².